The minimum Gasteiger partial charge on any atom is -0.271 e. The van der Waals surface area contributed by atoms with E-state index in [1.54, 1.807) is 0 Å². The van der Waals surface area contributed by atoms with Crippen molar-refractivity contribution in [3.8, 4) is 0 Å². The van der Waals surface area contributed by atoms with Gasteiger partial charge in [-0.1, -0.05) is 37.8 Å². The van der Waals surface area contributed by atoms with Gasteiger partial charge in [0, 0.05) is 6.04 Å². The lowest BCUT2D eigenvalue weighted by Gasteiger charge is -2.20. The van der Waals surface area contributed by atoms with Crippen molar-refractivity contribution in [2.45, 2.75) is 44.3 Å². The molecule has 3 N–H and O–H groups in total. The monoisotopic (exact) mass is 272 g/mol. The Labute approximate surface area is 111 Å². The molecule has 0 amide bonds. The van der Waals surface area contributed by atoms with Crippen LogP contribution in [0, 0.1) is 5.92 Å². The number of benzene rings is 1. The quantitative estimate of drug-likeness (QED) is 0.646. The van der Waals surface area contributed by atoms with Gasteiger partial charge in [-0.2, -0.15) is 13.2 Å². The van der Waals surface area contributed by atoms with Crippen LogP contribution in [-0.2, 0) is 6.18 Å². The molecule has 19 heavy (non-hydrogen) atoms. The van der Waals surface area contributed by atoms with Crippen molar-refractivity contribution in [3.63, 3.8) is 0 Å². The van der Waals surface area contributed by atoms with E-state index in [-0.39, 0.29) is 6.04 Å². The third kappa shape index (κ3) is 3.70. The fourth-order valence-electron chi connectivity index (χ4n) is 2.78. The van der Waals surface area contributed by atoms with Gasteiger partial charge >= 0.3 is 6.18 Å². The van der Waals surface area contributed by atoms with E-state index < -0.39 is 11.7 Å². The normalized spacial score (nSPS) is 18.7. The van der Waals surface area contributed by atoms with Gasteiger partial charge in [0.1, 0.15) is 0 Å². The van der Waals surface area contributed by atoms with Crippen LogP contribution in [-0.4, -0.2) is 0 Å². The SMILES string of the molecule is NNC(CC1CCCC1)c1ccc(C(F)(F)F)cc1. The Morgan fingerprint density at radius 2 is 1.74 bits per heavy atom. The van der Waals surface area contributed by atoms with Gasteiger partial charge in [-0.15, -0.1) is 0 Å². The Bertz CT molecular complexity index is 394. The summed E-state index contributed by atoms with van der Waals surface area (Å²) in [4.78, 5) is 0. The molecule has 1 unspecified atom stereocenters. The molecule has 0 heterocycles. The summed E-state index contributed by atoms with van der Waals surface area (Å²) in [7, 11) is 0. The summed E-state index contributed by atoms with van der Waals surface area (Å²) in [6.45, 7) is 0. The number of nitrogens with two attached hydrogens (primary N) is 1. The molecule has 1 saturated carbocycles. The molecule has 1 aromatic rings. The zero-order valence-electron chi connectivity index (χ0n) is 10.7. The highest BCUT2D eigenvalue weighted by molar-refractivity contribution is 5.26. The maximum atomic E-state index is 12.5. The van der Waals surface area contributed by atoms with Crippen molar-refractivity contribution < 1.29 is 13.2 Å². The van der Waals surface area contributed by atoms with Gasteiger partial charge in [0.15, 0.2) is 0 Å². The first-order valence-electron chi connectivity index (χ1n) is 6.64. The lowest BCUT2D eigenvalue weighted by Crippen LogP contribution is -2.29. The fourth-order valence-corrected chi connectivity index (χ4v) is 2.78. The van der Waals surface area contributed by atoms with Gasteiger partial charge in [-0.3, -0.25) is 11.3 Å². The van der Waals surface area contributed by atoms with Crippen LogP contribution in [0.3, 0.4) is 0 Å². The van der Waals surface area contributed by atoms with Gasteiger partial charge < -0.3 is 0 Å². The molecule has 2 rings (SSSR count). The number of rotatable bonds is 4. The van der Waals surface area contributed by atoms with Crippen LogP contribution >= 0.6 is 0 Å². The van der Waals surface area contributed by atoms with Crippen molar-refractivity contribution in [2.24, 2.45) is 11.8 Å². The Morgan fingerprint density at radius 1 is 1.16 bits per heavy atom. The number of alkyl halides is 3. The van der Waals surface area contributed by atoms with Crippen LogP contribution in [0.1, 0.15) is 49.3 Å². The van der Waals surface area contributed by atoms with Crippen molar-refractivity contribution in [1.29, 1.82) is 0 Å². The third-order valence-electron chi connectivity index (χ3n) is 3.89. The Kier molecular flexibility index (Phi) is 4.47. The number of hydrogen-bond acceptors (Lipinski definition) is 2. The van der Waals surface area contributed by atoms with E-state index in [2.05, 4.69) is 5.43 Å². The second-order valence-electron chi connectivity index (χ2n) is 5.23. The van der Waals surface area contributed by atoms with E-state index in [1.807, 2.05) is 0 Å². The maximum Gasteiger partial charge on any atom is 0.416 e. The topological polar surface area (TPSA) is 38.0 Å². The molecule has 0 saturated heterocycles. The van der Waals surface area contributed by atoms with Gasteiger partial charge in [-0.25, -0.2) is 0 Å². The number of hydrazine groups is 1. The number of hydrogen-bond donors (Lipinski definition) is 2. The first-order valence-corrected chi connectivity index (χ1v) is 6.64. The second kappa shape index (κ2) is 5.92. The molecule has 5 heteroatoms. The molecule has 1 aliphatic rings. The molecule has 0 aliphatic heterocycles. The van der Waals surface area contributed by atoms with Crippen LogP contribution in [0.15, 0.2) is 24.3 Å². The standard InChI is InChI=1S/C14H19F3N2/c15-14(16,17)12-7-5-11(6-8-12)13(19-18)9-10-3-1-2-4-10/h5-8,10,13,19H,1-4,9,18H2. The third-order valence-corrected chi connectivity index (χ3v) is 3.89. The second-order valence-corrected chi connectivity index (χ2v) is 5.23. The van der Waals surface area contributed by atoms with E-state index in [1.165, 1.54) is 37.8 Å². The largest absolute Gasteiger partial charge is 0.416 e. The van der Waals surface area contributed by atoms with Crippen molar-refractivity contribution in [2.75, 3.05) is 0 Å². The molecular formula is C14H19F3N2. The molecule has 1 aliphatic carbocycles. The van der Waals surface area contributed by atoms with E-state index in [0.717, 1.165) is 24.1 Å². The summed E-state index contributed by atoms with van der Waals surface area (Å²) < 4.78 is 37.5. The number of nitrogens with one attached hydrogen (secondary N) is 1. The van der Waals surface area contributed by atoms with Gasteiger partial charge in [0.25, 0.3) is 0 Å². The summed E-state index contributed by atoms with van der Waals surface area (Å²) in [5.41, 5.74) is 2.93. The molecule has 0 aromatic heterocycles. The van der Waals surface area contributed by atoms with Crippen LogP contribution in [0.5, 0.6) is 0 Å². The van der Waals surface area contributed by atoms with E-state index in [4.69, 9.17) is 5.84 Å². The molecule has 1 atom stereocenters. The van der Waals surface area contributed by atoms with E-state index in [9.17, 15) is 13.2 Å². The lowest BCUT2D eigenvalue weighted by molar-refractivity contribution is -0.137. The average molecular weight is 272 g/mol. The summed E-state index contributed by atoms with van der Waals surface area (Å²) in [5.74, 6) is 6.16. The average Bonchev–Trinajstić information content (AvgIpc) is 2.88. The Balaban J connectivity index is 2.05. The van der Waals surface area contributed by atoms with Crippen LogP contribution in [0.2, 0.25) is 0 Å². The molecule has 1 aromatic carbocycles. The van der Waals surface area contributed by atoms with Gasteiger partial charge in [0.2, 0.25) is 0 Å². The van der Waals surface area contributed by atoms with Gasteiger partial charge in [0.05, 0.1) is 5.56 Å². The van der Waals surface area contributed by atoms with Crippen LogP contribution < -0.4 is 11.3 Å². The Morgan fingerprint density at radius 3 is 2.21 bits per heavy atom. The van der Waals surface area contributed by atoms with Crippen LogP contribution in [0.25, 0.3) is 0 Å². The summed E-state index contributed by atoms with van der Waals surface area (Å²) in [6.07, 6.45) is 1.49. The summed E-state index contributed by atoms with van der Waals surface area (Å²) in [6, 6.07) is 5.21. The first-order chi connectivity index (χ1) is 9.00. The number of halogens is 3. The zero-order chi connectivity index (χ0) is 13.9. The Hall–Kier alpha value is -1.07. The highest BCUT2D eigenvalue weighted by Crippen LogP contribution is 2.34. The van der Waals surface area contributed by atoms with Crippen molar-refractivity contribution in [3.05, 3.63) is 35.4 Å². The smallest absolute Gasteiger partial charge is 0.271 e. The molecule has 0 spiro atoms. The highest BCUT2D eigenvalue weighted by Gasteiger charge is 2.30. The lowest BCUT2D eigenvalue weighted by atomic mass is 9.93. The van der Waals surface area contributed by atoms with E-state index in [0.29, 0.717) is 5.92 Å². The first kappa shape index (κ1) is 14.3. The van der Waals surface area contributed by atoms with Crippen molar-refractivity contribution >= 4 is 0 Å². The maximum absolute atomic E-state index is 12.5. The molecular weight excluding hydrogens is 253 g/mol. The minimum atomic E-state index is -4.28. The fraction of sp³-hybridized carbons (Fsp3) is 0.571. The zero-order valence-corrected chi connectivity index (χ0v) is 10.7. The highest BCUT2D eigenvalue weighted by atomic mass is 19.4. The van der Waals surface area contributed by atoms with Gasteiger partial charge in [-0.05, 0) is 30.0 Å². The molecule has 0 radical (unpaired) electrons. The molecule has 1 fully saturated rings. The summed E-state index contributed by atoms with van der Waals surface area (Å²) >= 11 is 0. The van der Waals surface area contributed by atoms with Crippen LogP contribution in [0.4, 0.5) is 13.2 Å². The molecule has 106 valence electrons. The van der Waals surface area contributed by atoms with Crippen molar-refractivity contribution in [1.82, 2.24) is 5.43 Å². The predicted molar refractivity (Wildman–Crippen MR) is 68.1 cm³/mol. The predicted octanol–water partition coefficient (Wildman–Crippen LogP) is 3.79. The minimum absolute atomic E-state index is 0.0645. The molecule has 0 bridgehead atoms. The summed E-state index contributed by atoms with van der Waals surface area (Å²) in [5, 5.41) is 0. The van der Waals surface area contributed by atoms with E-state index >= 15 is 0 Å². The molecule has 2 nitrogen and oxygen atoms in total.